The summed E-state index contributed by atoms with van der Waals surface area (Å²) in [4.78, 5) is 12.2. The number of ketones is 1. The van der Waals surface area contributed by atoms with E-state index in [4.69, 9.17) is 4.74 Å². The van der Waals surface area contributed by atoms with Gasteiger partial charge in [-0.05, 0) is 34.7 Å². The van der Waals surface area contributed by atoms with Gasteiger partial charge in [-0.3, -0.25) is 9.48 Å². The molecule has 1 fully saturated rings. The zero-order valence-electron chi connectivity index (χ0n) is 11.1. The maximum absolute atomic E-state index is 12.2. The Balaban J connectivity index is 2.14. The number of rotatable bonds is 4. The Bertz CT molecular complexity index is 456. The molecule has 2 heterocycles. The van der Waals surface area contributed by atoms with Crippen LogP contribution in [0.5, 0.6) is 0 Å². The molecular weight excluding hydrogens is 296 g/mol. The molecule has 100 valence electrons. The van der Waals surface area contributed by atoms with E-state index in [0.717, 1.165) is 28.7 Å². The van der Waals surface area contributed by atoms with Crippen molar-refractivity contribution in [2.24, 2.45) is 13.0 Å². The van der Waals surface area contributed by atoms with Crippen molar-refractivity contribution >= 4 is 21.7 Å². The van der Waals surface area contributed by atoms with Crippen LogP contribution in [0.1, 0.15) is 31.7 Å². The Morgan fingerprint density at radius 2 is 2.33 bits per heavy atom. The van der Waals surface area contributed by atoms with Crippen molar-refractivity contribution in [1.29, 1.82) is 0 Å². The molecule has 0 amide bonds. The number of ether oxygens (including phenoxy) is 1. The molecule has 0 bridgehead atoms. The van der Waals surface area contributed by atoms with Crippen molar-refractivity contribution in [3.05, 3.63) is 15.9 Å². The van der Waals surface area contributed by atoms with Crippen molar-refractivity contribution in [1.82, 2.24) is 9.78 Å². The van der Waals surface area contributed by atoms with Gasteiger partial charge in [0.2, 0.25) is 0 Å². The number of hydrogen-bond donors (Lipinski definition) is 0. The first-order valence-corrected chi connectivity index (χ1v) is 7.18. The molecule has 1 aliphatic heterocycles. The first-order valence-electron chi connectivity index (χ1n) is 6.39. The van der Waals surface area contributed by atoms with Crippen LogP contribution >= 0.6 is 15.9 Å². The molecule has 0 spiro atoms. The van der Waals surface area contributed by atoms with Gasteiger partial charge in [-0.25, -0.2) is 0 Å². The summed E-state index contributed by atoms with van der Waals surface area (Å²) < 4.78 is 8.27. The second-order valence-corrected chi connectivity index (χ2v) is 5.68. The number of halogens is 1. The summed E-state index contributed by atoms with van der Waals surface area (Å²) in [6.45, 7) is 4.83. The zero-order valence-corrected chi connectivity index (χ0v) is 12.7. The molecule has 1 aromatic heterocycles. The lowest BCUT2D eigenvalue weighted by Crippen LogP contribution is -2.27. The van der Waals surface area contributed by atoms with Crippen LogP contribution in [0.4, 0.5) is 0 Å². The summed E-state index contributed by atoms with van der Waals surface area (Å²) in [5.74, 6) is 0.488. The monoisotopic (exact) mass is 314 g/mol. The lowest BCUT2D eigenvalue weighted by molar-refractivity contribution is -0.128. The predicted octanol–water partition coefficient (Wildman–Crippen LogP) is 2.28. The zero-order chi connectivity index (χ0) is 13.3. The lowest BCUT2D eigenvalue weighted by Gasteiger charge is -2.13. The Morgan fingerprint density at radius 3 is 2.83 bits per heavy atom. The van der Waals surface area contributed by atoms with Crippen LogP contribution < -0.4 is 0 Å². The van der Waals surface area contributed by atoms with Gasteiger partial charge in [0, 0.05) is 13.7 Å². The number of carbonyl (C=O) groups excluding carboxylic acids is 1. The Kier molecular flexibility index (Phi) is 4.22. The van der Waals surface area contributed by atoms with Gasteiger partial charge in [-0.2, -0.15) is 5.10 Å². The minimum Gasteiger partial charge on any atom is -0.370 e. The van der Waals surface area contributed by atoms with Crippen LogP contribution in [0.25, 0.3) is 0 Å². The molecule has 0 aliphatic carbocycles. The average molecular weight is 315 g/mol. The van der Waals surface area contributed by atoms with Gasteiger partial charge in [0.1, 0.15) is 6.10 Å². The molecular formula is C13H19BrN2O2. The molecule has 4 nitrogen and oxygen atoms in total. The third kappa shape index (κ3) is 2.52. The second kappa shape index (κ2) is 5.53. The maximum Gasteiger partial charge on any atom is 0.167 e. The lowest BCUT2D eigenvalue weighted by atomic mass is 9.98. The first-order chi connectivity index (χ1) is 8.54. The molecule has 2 rings (SSSR count). The number of aromatic nitrogens is 2. The molecule has 1 saturated heterocycles. The van der Waals surface area contributed by atoms with Gasteiger partial charge in [-0.15, -0.1) is 0 Å². The fourth-order valence-electron chi connectivity index (χ4n) is 2.38. The van der Waals surface area contributed by atoms with E-state index in [1.165, 1.54) is 0 Å². The molecule has 2 atom stereocenters. The number of Topliss-reactive ketones (excluding diaryl/α,β-unsaturated/α-hetero) is 1. The third-order valence-corrected chi connectivity index (χ3v) is 4.46. The molecule has 1 aromatic rings. The average Bonchev–Trinajstić information content (AvgIpc) is 2.87. The van der Waals surface area contributed by atoms with E-state index in [1.807, 2.05) is 7.05 Å². The summed E-state index contributed by atoms with van der Waals surface area (Å²) in [6.07, 6.45) is 1.98. The van der Waals surface area contributed by atoms with Crippen LogP contribution in [0.15, 0.2) is 4.47 Å². The molecule has 1 aliphatic rings. The SMILES string of the molecule is CCc1nn(C)c(CC(=O)C2OCCC2C)c1Br. The number of carbonyl (C=O) groups is 1. The summed E-state index contributed by atoms with van der Waals surface area (Å²) in [7, 11) is 1.88. The summed E-state index contributed by atoms with van der Waals surface area (Å²) in [5, 5.41) is 4.40. The van der Waals surface area contributed by atoms with Gasteiger partial charge < -0.3 is 4.74 Å². The van der Waals surface area contributed by atoms with E-state index >= 15 is 0 Å². The number of hydrogen-bond acceptors (Lipinski definition) is 3. The predicted molar refractivity (Wildman–Crippen MR) is 72.5 cm³/mol. The highest BCUT2D eigenvalue weighted by Crippen LogP contribution is 2.26. The minimum absolute atomic E-state index is 0.159. The summed E-state index contributed by atoms with van der Waals surface area (Å²) >= 11 is 3.54. The highest BCUT2D eigenvalue weighted by Gasteiger charge is 2.31. The van der Waals surface area contributed by atoms with Crippen molar-refractivity contribution < 1.29 is 9.53 Å². The highest BCUT2D eigenvalue weighted by molar-refractivity contribution is 9.10. The molecule has 0 N–H and O–H groups in total. The van der Waals surface area contributed by atoms with E-state index in [9.17, 15) is 4.79 Å². The van der Waals surface area contributed by atoms with E-state index in [-0.39, 0.29) is 11.9 Å². The molecule has 0 saturated carbocycles. The Morgan fingerprint density at radius 1 is 1.61 bits per heavy atom. The quantitative estimate of drug-likeness (QED) is 0.856. The normalized spacial score (nSPS) is 23.6. The topological polar surface area (TPSA) is 44.1 Å². The molecule has 5 heteroatoms. The first kappa shape index (κ1) is 13.7. The fraction of sp³-hybridized carbons (Fsp3) is 0.692. The summed E-state index contributed by atoms with van der Waals surface area (Å²) in [5.41, 5.74) is 1.94. The molecule has 18 heavy (non-hydrogen) atoms. The van der Waals surface area contributed by atoms with Gasteiger partial charge in [0.15, 0.2) is 5.78 Å². The van der Waals surface area contributed by atoms with Crippen LogP contribution in [-0.2, 0) is 29.4 Å². The smallest absolute Gasteiger partial charge is 0.167 e. The van der Waals surface area contributed by atoms with Crippen molar-refractivity contribution in [3.63, 3.8) is 0 Å². The highest BCUT2D eigenvalue weighted by atomic mass is 79.9. The minimum atomic E-state index is -0.239. The van der Waals surface area contributed by atoms with Crippen molar-refractivity contribution in [2.45, 2.75) is 39.2 Å². The molecule has 0 aromatic carbocycles. The van der Waals surface area contributed by atoms with Crippen LogP contribution in [-0.4, -0.2) is 28.3 Å². The van der Waals surface area contributed by atoms with Crippen LogP contribution in [0.2, 0.25) is 0 Å². The number of aryl methyl sites for hydroxylation is 2. The van der Waals surface area contributed by atoms with Crippen LogP contribution in [0.3, 0.4) is 0 Å². The Hall–Kier alpha value is -0.680. The Labute approximate surface area is 116 Å². The van der Waals surface area contributed by atoms with E-state index in [1.54, 1.807) is 4.68 Å². The van der Waals surface area contributed by atoms with Gasteiger partial charge in [0.25, 0.3) is 0 Å². The maximum atomic E-state index is 12.2. The number of nitrogens with zero attached hydrogens (tertiary/aromatic N) is 2. The van der Waals surface area contributed by atoms with E-state index in [2.05, 4.69) is 34.9 Å². The van der Waals surface area contributed by atoms with Crippen molar-refractivity contribution in [2.75, 3.05) is 6.61 Å². The van der Waals surface area contributed by atoms with Gasteiger partial charge in [-0.1, -0.05) is 13.8 Å². The molecule has 0 radical (unpaired) electrons. The second-order valence-electron chi connectivity index (χ2n) is 4.88. The summed E-state index contributed by atoms with van der Waals surface area (Å²) in [6, 6.07) is 0. The van der Waals surface area contributed by atoms with Gasteiger partial charge in [0.05, 0.1) is 22.3 Å². The van der Waals surface area contributed by atoms with Crippen molar-refractivity contribution in [3.8, 4) is 0 Å². The molecule has 2 unspecified atom stereocenters. The fourth-order valence-corrected chi connectivity index (χ4v) is 3.14. The third-order valence-electron chi connectivity index (χ3n) is 3.55. The largest absolute Gasteiger partial charge is 0.370 e. The standard InChI is InChI=1S/C13H19BrN2O2/c1-4-9-12(14)10(16(3)15-9)7-11(17)13-8(2)5-6-18-13/h8,13H,4-7H2,1-3H3. The van der Waals surface area contributed by atoms with Crippen LogP contribution in [0, 0.1) is 5.92 Å². The van der Waals surface area contributed by atoms with E-state index < -0.39 is 0 Å². The van der Waals surface area contributed by atoms with Gasteiger partial charge >= 0.3 is 0 Å². The van der Waals surface area contributed by atoms with E-state index in [0.29, 0.717) is 18.9 Å².